The van der Waals surface area contributed by atoms with Gasteiger partial charge in [0.15, 0.2) is 0 Å². The second-order valence-corrected chi connectivity index (χ2v) is 6.65. The van der Waals surface area contributed by atoms with E-state index in [-0.39, 0.29) is 0 Å². The number of hydrogen-bond donors (Lipinski definition) is 0. The highest BCUT2D eigenvalue weighted by molar-refractivity contribution is 9.11. The van der Waals surface area contributed by atoms with Gasteiger partial charge in [0.1, 0.15) is 0 Å². The van der Waals surface area contributed by atoms with Crippen molar-refractivity contribution in [3.8, 4) is 0 Å². The van der Waals surface area contributed by atoms with Crippen LogP contribution >= 0.6 is 27.3 Å². The first kappa shape index (κ1) is 11.6. The molecule has 1 fully saturated rings. The van der Waals surface area contributed by atoms with Crippen molar-refractivity contribution in [2.45, 2.75) is 45.3 Å². The van der Waals surface area contributed by atoms with E-state index in [0.29, 0.717) is 6.10 Å². The Morgan fingerprint density at radius 2 is 2.13 bits per heavy atom. The predicted octanol–water partition coefficient (Wildman–Crippen LogP) is 4.61. The minimum atomic E-state index is 0.494. The molecule has 1 aliphatic carbocycles. The lowest BCUT2D eigenvalue weighted by atomic mass is 9.89. The molecule has 1 aromatic rings. The zero-order valence-corrected chi connectivity index (χ0v) is 11.4. The third-order valence-electron chi connectivity index (χ3n) is 3.13. The molecule has 3 heteroatoms. The highest BCUT2D eigenvalue weighted by atomic mass is 79.9. The Labute approximate surface area is 104 Å². The standard InChI is InChI=1S/C12H17BrOS/c1-9-2-4-11(5-3-9)14-8-10-6-7-15-12(10)13/h6-7,9,11H,2-5,8H2,1H3. The van der Waals surface area contributed by atoms with Gasteiger partial charge in [-0.05, 0) is 59.0 Å². The summed E-state index contributed by atoms with van der Waals surface area (Å²) in [5, 5.41) is 2.10. The summed E-state index contributed by atoms with van der Waals surface area (Å²) in [6.07, 6.45) is 5.63. The van der Waals surface area contributed by atoms with Crippen LogP contribution in [0.3, 0.4) is 0 Å². The molecule has 1 saturated carbocycles. The summed E-state index contributed by atoms with van der Waals surface area (Å²) in [6.45, 7) is 3.11. The van der Waals surface area contributed by atoms with Gasteiger partial charge in [-0.3, -0.25) is 0 Å². The second-order valence-electron chi connectivity index (χ2n) is 4.41. The van der Waals surface area contributed by atoms with Crippen LogP contribution in [0.2, 0.25) is 0 Å². The van der Waals surface area contributed by atoms with Crippen LogP contribution in [-0.4, -0.2) is 6.10 Å². The van der Waals surface area contributed by atoms with E-state index in [2.05, 4.69) is 34.3 Å². The Kier molecular flexibility index (Phi) is 4.23. The van der Waals surface area contributed by atoms with Gasteiger partial charge in [-0.1, -0.05) is 6.92 Å². The number of thiophene rings is 1. The molecular formula is C12H17BrOS. The van der Waals surface area contributed by atoms with Crippen LogP contribution in [0.4, 0.5) is 0 Å². The van der Waals surface area contributed by atoms with Gasteiger partial charge in [-0.15, -0.1) is 11.3 Å². The van der Waals surface area contributed by atoms with Crippen molar-refractivity contribution >= 4 is 27.3 Å². The van der Waals surface area contributed by atoms with E-state index in [1.165, 1.54) is 35.0 Å². The van der Waals surface area contributed by atoms with Gasteiger partial charge >= 0.3 is 0 Å². The van der Waals surface area contributed by atoms with Gasteiger partial charge < -0.3 is 4.74 Å². The van der Waals surface area contributed by atoms with Gasteiger partial charge in [0.2, 0.25) is 0 Å². The smallest absolute Gasteiger partial charge is 0.0753 e. The van der Waals surface area contributed by atoms with Gasteiger partial charge in [0.05, 0.1) is 16.5 Å². The number of ether oxygens (including phenoxy) is 1. The number of hydrogen-bond acceptors (Lipinski definition) is 2. The maximum Gasteiger partial charge on any atom is 0.0753 e. The molecule has 0 radical (unpaired) electrons. The van der Waals surface area contributed by atoms with Crippen LogP contribution < -0.4 is 0 Å². The summed E-state index contributed by atoms with van der Waals surface area (Å²) in [6, 6.07) is 2.14. The Bertz CT molecular complexity index is 302. The van der Waals surface area contributed by atoms with Gasteiger partial charge in [0, 0.05) is 5.56 Å². The molecule has 0 amide bonds. The van der Waals surface area contributed by atoms with Crippen molar-refractivity contribution in [3.05, 3.63) is 20.8 Å². The van der Waals surface area contributed by atoms with Gasteiger partial charge in [-0.25, -0.2) is 0 Å². The van der Waals surface area contributed by atoms with Gasteiger partial charge in [0.25, 0.3) is 0 Å². The van der Waals surface area contributed by atoms with Crippen LogP contribution in [0.25, 0.3) is 0 Å². The average molecular weight is 289 g/mol. The minimum Gasteiger partial charge on any atom is -0.373 e. The molecule has 0 N–H and O–H groups in total. The summed E-state index contributed by atoms with van der Waals surface area (Å²) < 4.78 is 7.15. The van der Waals surface area contributed by atoms with Crippen LogP contribution in [0, 0.1) is 5.92 Å². The van der Waals surface area contributed by atoms with Crippen molar-refractivity contribution in [2.24, 2.45) is 5.92 Å². The molecule has 0 bridgehead atoms. The fourth-order valence-corrected chi connectivity index (χ4v) is 3.23. The fourth-order valence-electron chi connectivity index (χ4n) is 2.03. The van der Waals surface area contributed by atoms with E-state index in [1.807, 2.05) is 0 Å². The average Bonchev–Trinajstić information content (AvgIpc) is 2.63. The molecule has 84 valence electrons. The van der Waals surface area contributed by atoms with Crippen LogP contribution in [0.1, 0.15) is 38.2 Å². The molecule has 15 heavy (non-hydrogen) atoms. The SMILES string of the molecule is CC1CCC(OCc2ccsc2Br)CC1. The topological polar surface area (TPSA) is 9.23 Å². The summed E-state index contributed by atoms with van der Waals surface area (Å²) in [5.74, 6) is 0.901. The third-order valence-corrected chi connectivity index (χ3v) is 4.94. The maximum absolute atomic E-state index is 5.93. The lowest BCUT2D eigenvalue weighted by Gasteiger charge is -2.26. The molecule has 1 nitrogen and oxygen atoms in total. The van der Waals surface area contributed by atoms with Crippen molar-refractivity contribution in [2.75, 3.05) is 0 Å². The Morgan fingerprint density at radius 1 is 1.40 bits per heavy atom. The van der Waals surface area contributed by atoms with Crippen molar-refractivity contribution in [3.63, 3.8) is 0 Å². The first-order valence-corrected chi connectivity index (χ1v) is 7.26. The van der Waals surface area contributed by atoms with Crippen molar-refractivity contribution in [1.82, 2.24) is 0 Å². The first-order valence-electron chi connectivity index (χ1n) is 5.59. The highest BCUT2D eigenvalue weighted by Crippen LogP contribution is 2.28. The predicted molar refractivity (Wildman–Crippen MR) is 68.2 cm³/mol. The third kappa shape index (κ3) is 3.30. The summed E-state index contributed by atoms with van der Waals surface area (Å²) in [7, 11) is 0. The molecule has 0 unspecified atom stereocenters. The molecule has 1 aromatic heterocycles. The van der Waals surface area contributed by atoms with Gasteiger partial charge in [-0.2, -0.15) is 0 Å². The van der Waals surface area contributed by atoms with E-state index in [1.54, 1.807) is 11.3 Å². The van der Waals surface area contributed by atoms with E-state index in [9.17, 15) is 0 Å². The van der Waals surface area contributed by atoms with Crippen LogP contribution in [-0.2, 0) is 11.3 Å². The van der Waals surface area contributed by atoms with Crippen molar-refractivity contribution in [1.29, 1.82) is 0 Å². The molecule has 0 spiro atoms. The van der Waals surface area contributed by atoms with Crippen molar-refractivity contribution < 1.29 is 4.74 Å². The molecular weight excluding hydrogens is 272 g/mol. The molecule has 0 aromatic carbocycles. The summed E-state index contributed by atoms with van der Waals surface area (Å²) in [4.78, 5) is 0. The quantitative estimate of drug-likeness (QED) is 0.789. The molecule has 0 saturated heterocycles. The second kappa shape index (κ2) is 5.46. The van der Waals surface area contributed by atoms with Crippen LogP contribution in [0.15, 0.2) is 15.2 Å². The van der Waals surface area contributed by atoms with E-state index >= 15 is 0 Å². The Balaban J connectivity index is 1.77. The normalized spacial score (nSPS) is 26.8. The van der Waals surface area contributed by atoms with Crippen LogP contribution in [0.5, 0.6) is 0 Å². The monoisotopic (exact) mass is 288 g/mol. The Morgan fingerprint density at radius 3 is 2.73 bits per heavy atom. The summed E-state index contributed by atoms with van der Waals surface area (Å²) in [5.41, 5.74) is 1.29. The maximum atomic E-state index is 5.93. The zero-order valence-electron chi connectivity index (χ0n) is 9.04. The molecule has 2 rings (SSSR count). The molecule has 1 aliphatic rings. The lowest BCUT2D eigenvalue weighted by Crippen LogP contribution is -2.20. The molecule has 0 aliphatic heterocycles. The zero-order chi connectivity index (χ0) is 10.7. The summed E-state index contributed by atoms with van der Waals surface area (Å²) >= 11 is 5.27. The minimum absolute atomic E-state index is 0.494. The molecule has 1 heterocycles. The Hall–Kier alpha value is 0.140. The number of halogens is 1. The number of rotatable bonds is 3. The fraction of sp³-hybridized carbons (Fsp3) is 0.667. The van der Waals surface area contributed by atoms with E-state index < -0.39 is 0 Å². The molecule has 0 atom stereocenters. The lowest BCUT2D eigenvalue weighted by molar-refractivity contribution is 0.00870. The highest BCUT2D eigenvalue weighted by Gasteiger charge is 2.18. The first-order chi connectivity index (χ1) is 7.25. The van der Waals surface area contributed by atoms with E-state index in [4.69, 9.17) is 4.74 Å². The van der Waals surface area contributed by atoms with E-state index in [0.717, 1.165) is 12.5 Å². The largest absolute Gasteiger partial charge is 0.373 e.